The Morgan fingerprint density at radius 2 is 1.86 bits per heavy atom. The molecular formula is C19H19FN4O3S. The number of nitrogens with zero attached hydrogens (tertiary/aromatic N) is 2. The summed E-state index contributed by atoms with van der Waals surface area (Å²) in [6, 6.07) is 10.5. The number of nitrogens with two attached hydrogens (primary N) is 1. The number of amides is 1. The first-order valence-corrected chi connectivity index (χ1v) is 9.96. The Bertz CT molecular complexity index is 1110. The first-order valence-electron chi connectivity index (χ1n) is 8.41. The highest BCUT2D eigenvalue weighted by Crippen LogP contribution is 2.17. The Kier molecular flexibility index (Phi) is 5.57. The van der Waals surface area contributed by atoms with Crippen LogP contribution in [0.2, 0.25) is 0 Å². The van der Waals surface area contributed by atoms with Gasteiger partial charge in [0, 0.05) is 18.9 Å². The van der Waals surface area contributed by atoms with Crippen LogP contribution in [0.4, 0.5) is 4.39 Å². The van der Waals surface area contributed by atoms with E-state index >= 15 is 0 Å². The van der Waals surface area contributed by atoms with Crippen LogP contribution in [0.1, 0.15) is 17.0 Å². The number of nitrogens with one attached hydrogen (secondary N) is 1. The number of hydrogen-bond acceptors (Lipinski definition) is 4. The molecule has 0 aliphatic carbocycles. The van der Waals surface area contributed by atoms with Gasteiger partial charge >= 0.3 is 0 Å². The summed E-state index contributed by atoms with van der Waals surface area (Å²) in [7, 11) is -3.76. The molecule has 0 radical (unpaired) electrons. The molecule has 3 aromatic rings. The molecule has 1 aromatic heterocycles. The zero-order valence-corrected chi connectivity index (χ0v) is 15.9. The zero-order chi connectivity index (χ0) is 20.3. The van der Waals surface area contributed by atoms with Gasteiger partial charge in [0.05, 0.1) is 17.0 Å². The number of carbonyl (C=O) groups excluding carboxylic acids is 1. The van der Waals surface area contributed by atoms with Crippen molar-refractivity contribution in [3.63, 3.8) is 0 Å². The first-order chi connectivity index (χ1) is 13.2. The third-order valence-electron chi connectivity index (χ3n) is 4.20. The molecule has 3 rings (SSSR count). The molecule has 0 aliphatic heterocycles. The average Bonchev–Trinajstić information content (AvgIpc) is 3.05. The summed E-state index contributed by atoms with van der Waals surface area (Å²) in [4.78, 5) is 16.2. The van der Waals surface area contributed by atoms with Gasteiger partial charge in [0.1, 0.15) is 11.6 Å². The van der Waals surface area contributed by atoms with Crippen LogP contribution in [-0.4, -0.2) is 23.9 Å². The van der Waals surface area contributed by atoms with E-state index in [4.69, 9.17) is 5.14 Å². The maximum Gasteiger partial charge on any atom is 0.238 e. The summed E-state index contributed by atoms with van der Waals surface area (Å²) in [5.74, 6) is -0.00173. The monoisotopic (exact) mass is 402 g/mol. The largest absolute Gasteiger partial charge is 0.352 e. The van der Waals surface area contributed by atoms with Gasteiger partial charge in [-0.05, 0) is 42.3 Å². The van der Waals surface area contributed by atoms with Crippen molar-refractivity contribution in [1.82, 2.24) is 14.9 Å². The van der Waals surface area contributed by atoms with E-state index in [1.807, 2.05) is 0 Å². The number of sulfonamides is 1. The Morgan fingerprint density at radius 3 is 2.43 bits per heavy atom. The summed E-state index contributed by atoms with van der Waals surface area (Å²) in [6.45, 7) is 1.96. The quantitative estimate of drug-likeness (QED) is 0.656. The molecule has 0 fully saturated rings. The second-order valence-corrected chi connectivity index (χ2v) is 7.83. The van der Waals surface area contributed by atoms with Gasteiger partial charge in [0.25, 0.3) is 0 Å². The van der Waals surface area contributed by atoms with Crippen LogP contribution in [0.15, 0.2) is 59.8 Å². The maximum absolute atomic E-state index is 14.4. The van der Waals surface area contributed by atoms with Crippen LogP contribution in [0, 0.1) is 12.7 Å². The zero-order valence-electron chi connectivity index (χ0n) is 15.1. The lowest BCUT2D eigenvalue weighted by atomic mass is 10.1. The SMILES string of the molecule is Cc1nccn1-c1ccc(CNC(=O)Cc2ccc(S(N)(=O)=O)cc2)cc1F. The molecular weight excluding hydrogens is 383 g/mol. The standard InChI is InChI=1S/C19H19FN4O3S/c1-13-22-8-9-24(13)18-7-4-15(10-17(18)20)12-23-19(25)11-14-2-5-16(6-3-14)28(21,26)27/h2-10H,11-12H2,1H3,(H,23,25)(H2,21,26,27). The molecule has 1 heterocycles. The van der Waals surface area contributed by atoms with Crippen molar-refractivity contribution in [3.8, 4) is 5.69 Å². The Labute approximate surface area is 162 Å². The molecule has 1 amide bonds. The van der Waals surface area contributed by atoms with E-state index in [9.17, 15) is 17.6 Å². The van der Waals surface area contributed by atoms with Crippen LogP contribution >= 0.6 is 0 Å². The fourth-order valence-corrected chi connectivity index (χ4v) is 3.25. The molecule has 146 valence electrons. The molecule has 0 aliphatic rings. The van der Waals surface area contributed by atoms with Crippen molar-refractivity contribution in [1.29, 1.82) is 0 Å². The minimum Gasteiger partial charge on any atom is -0.352 e. The van der Waals surface area contributed by atoms with Crippen LogP contribution in [0.5, 0.6) is 0 Å². The number of benzene rings is 2. The van der Waals surface area contributed by atoms with E-state index in [2.05, 4.69) is 10.3 Å². The Hall–Kier alpha value is -3.04. The average molecular weight is 402 g/mol. The summed E-state index contributed by atoms with van der Waals surface area (Å²) in [5, 5.41) is 7.76. The van der Waals surface area contributed by atoms with Crippen molar-refractivity contribution in [2.45, 2.75) is 24.8 Å². The van der Waals surface area contributed by atoms with Crippen LogP contribution in [0.3, 0.4) is 0 Å². The van der Waals surface area contributed by atoms with Crippen molar-refractivity contribution in [3.05, 3.63) is 77.6 Å². The molecule has 7 nitrogen and oxygen atoms in total. The molecule has 0 spiro atoms. The van der Waals surface area contributed by atoms with E-state index < -0.39 is 15.8 Å². The first kappa shape index (κ1) is 19.7. The topological polar surface area (TPSA) is 107 Å². The van der Waals surface area contributed by atoms with Gasteiger partial charge in [-0.15, -0.1) is 0 Å². The lowest BCUT2D eigenvalue weighted by Crippen LogP contribution is -2.24. The number of rotatable bonds is 6. The molecule has 0 saturated carbocycles. The van der Waals surface area contributed by atoms with Crippen molar-refractivity contribution in [2.24, 2.45) is 5.14 Å². The number of primary sulfonamides is 1. The summed E-state index contributed by atoms with van der Waals surface area (Å²) < 4.78 is 38.5. The van der Waals surface area contributed by atoms with E-state index in [0.29, 0.717) is 22.6 Å². The fraction of sp³-hybridized carbons (Fsp3) is 0.158. The number of halogens is 1. The van der Waals surface area contributed by atoms with Crippen LogP contribution in [-0.2, 0) is 27.8 Å². The van der Waals surface area contributed by atoms with Gasteiger partial charge < -0.3 is 9.88 Å². The van der Waals surface area contributed by atoms with Gasteiger partial charge in [-0.3, -0.25) is 4.79 Å². The molecule has 28 heavy (non-hydrogen) atoms. The van der Waals surface area contributed by atoms with Crippen molar-refractivity contribution < 1.29 is 17.6 Å². The molecule has 3 N–H and O–H groups in total. The highest BCUT2D eigenvalue weighted by atomic mass is 32.2. The molecule has 0 unspecified atom stereocenters. The number of aromatic nitrogens is 2. The summed E-state index contributed by atoms with van der Waals surface area (Å²) in [5.41, 5.74) is 1.65. The molecule has 2 aromatic carbocycles. The molecule has 0 bridgehead atoms. The molecule has 0 atom stereocenters. The Balaban J connectivity index is 1.60. The van der Waals surface area contributed by atoms with Crippen LogP contribution in [0.25, 0.3) is 5.69 Å². The van der Waals surface area contributed by atoms with Crippen molar-refractivity contribution >= 4 is 15.9 Å². The van der Waals surface area contributed by atoms with E-state index in [0.717, 1.165) is 0 Å². The lowest BCUT2D eigenvalue weighted by molar-refractivity contribution is -0.120. The predicted molar refractivity (Wildman–Crippen MR) is 102 cm³/mol. The van der Waals surface area contributed by atoms with Crippen LogP contribution < -0.4 is 10.5 Å². The highest BCUT2D eigenvalue weighted by molar-refractivity contribution is 7.89. The smallest absolute Gasteiger partial charge is 0.238 e. The molecule has 0 saturated heterocycles. The number of carbonyl (C=O) groups is 1. The third kappa shape index (κ3) is 4.62. The summed E-state index contributed by atoms with van der Waals surface area (Å²) in [6.07, 6.45) is 3.34. The fourth-order valence-electron chi connectivity index (χ4n) is 2.73. The Morgan fingerprint density at radius 1 is 1.18 bits per heavy atom. The minimum atomic E-state index is -3.76. The minimum absolute atomic E-state index is 0.0136. The second-order valence-electron chi connectivity index (χ2n) is 6.27. The van der Waals surface area contributed by atoms with E-state index in [1.165, 1.54) is 30.3 Å². The van der Waals surface area contributed by atoms with Gasteiger partial charge in [-0.25, -0.2) is 22.9 Å². The van der Waals surface area contributed by atoms with Gasteiger partial charge in [-0.2, -0.15) is 0 Å². The van der Waals surface area contributed by atoms with E-state index in [-0.39, 0.29) is 23.8 Å². The lowest BCUT2D eigenvalue weighted by Gasteiger charge is -2.10. The number of aryl methyl sites for hydroxylation is 1. The van der Waals surface area contributed by atoms with Gasteiger partial charge in [0.15, 0.2) is 0 Å². The van der Waals surface area contributed by atoms with Crippen molar-refractivity contribution in [2.75, 3.05) is 0 Å². The van der Waals surface area contributed by atoms with Gasteiger partial charge in [0.2, 0.25) is 15.9 Å². The maximum atomic E-state index is 14.4. The van der Waals surface area contributed by atoms with Gasteiger partial charge in [-0.1, -0.05) is 18.2 Å². The predicted octanol–water partition coefficient (Wildman–Crippen LogP) is 1.83. The number of hydrogen-bond donors (Lipinski definition) is 2. The number of imidazole rings is 1. The summed E-state index contributed by atoms with van der Waals surface area (Å²) >= 11 is 0. The normalized spacial score (nSPS) is 11.4. The second kappa shape index (κ2) is 7.91. The highest BCUT2D eigenvalue weighted by Gasteiger charge is 2.10. The third-order valence-corrected chi connectivity index (χ3v) is 5.13. The van der Waals surface area contributed by atoms with E-state index in [1.54, 1.807) is 36.0 Å². The molecule has 9 heteroatoms.